The number of carbonyl (C=O) groups excluding carboxylic acids is 1. The molecule has 168 valence electrons. The lowest BCUT2D eigenvalue weighted by atomic mass is 10.1. The van der Waals surface area contributed by atoms with Crippen molar-refractivity contribution in [1.29, 1.82) is 0 Å². The number of H-pyrrole nitrogens is 1. The average Bonchev–Trinajstić information content (AvgIpc) is 3.41. The van der Waals surface area contributed by atoms with E-state index in [1.807, 2.05) is 31.2 Å². The number of fused-ring (bicyclic) bond motifs is 1. The number of rotatable bonds is 9. The average molecular weight is 457 g/mol. The van der Waals surface area contributed by atoms with Crippen LogP contribution in [0.4, 0.5) is 0 Å². The van der Waals surface area contributed by atoms with Gasteiger partial charge in [-0.2, -0.15) is 5.10 Å². The van der Waals surface area contributed by atoms with Crippen LogP contribution in [-0.2, 0) is 11.3 Å². The Balaban J connectivity index is 1.24. The number of benzene rings is 2. The minimum Gasteiger partial charge on any atom is -0.491 e. The molecule has 2 heterocycles. The highest BCUT2D eigenvalue weighted by molar-refractivity contribution is 7.71. The van der Waals surface area contributed by atoms with Crippen molar-refractivity contribution in [1.82, 2.24) is 20.1 Å². The summed E-state index contributed by atoms with van der Waals surface area (Å²) in [7, 11) is 0. The van der Waals surface area contributed by atoms with E-state index in [1.54, 1.807) is 22.8 Å². The van der Waals surface area contributed by atoms with Crippen molar-refractivity contribution in [2.75, 3.05) is 19.9 Å². The number of carbonyl (C=O) groups is 1. The van der Waals surface area contributed by atoms with Gasteiger partial charge in [-0.1, -0.05) is 29.8 Å². The number of aliphatic hydroxyl groups excluding tert-OH is 1. The van der Waals surface area contributed by atoms with Gasteiger partial charge in [-0.25, -0.2) is 0 Å². The Bertz CT molecular complexity index is 1140. The van der Waals surface area contributed by atoms with Gasteiger partial charge in [0.2, 0.25) is 12.7 Å². The summed E-state index contributed by atoms with van der Waals surface area (Å²) >= 11 is 5.31. The van der Waals surface area contributed by atoms with Crippen LogP contribution in [0, 0.1) is 11.7 Å². The van der Waals surface area contributed by atoms with Crippen molar-refractivity contribution in [2.45, 2.75) is 26.0 Å². The van der Waals surface area contributed by atoms with Crippen LogP contribution in [0.2, 0.25) is 0 Å². The molecule has 0 fully saturated rings. The minimum atomic E-state index is -0.858. The lowest BCUT2D eigenvalue weighted by Gasteiger charge is -2.14. The topological polar surface area (TPSA) is 111 Å². The Morgan fingerprint density at radius 1 is 1.28 bits per heavy atom. The third-order valence-corrected chi connectivity index (χ3v) is 5.26. The highest BCUT2D eigenvalue weighted by atomic mass is 32.1. The maximum absolute atomic E-state index is 12.3. The van der Waals surface area contributed by atoms with Gasteiger partial charge in [0.1, 0.15) is 18.5 Å². The zero-order valence-electron chi connectivity index (χ0n) is 17.5. The maximum atomic E-state index is 12.3. The van der Waals surface area contributed by atoms with E-state index in [2.05, 4.69) is 15.5 Å². The lowest BCUT2D eigenvalue weighted by Crippen LogP contribution is -2.35. The molecule has 3 aromatic rings. The largest absolute Gasteiger partial charge is 0.491 e. The molecule has 0 bridgehead atoms. The predicted molar refractivity (Wildman–Crippen MR) is 119 cm³/mol. The quantitative estimate of drug-likeness (QED) is 0.425. The van der Waals surface area contributed by atoms with Gasteiger partial charge in [0.25, 0.3) is 0 Å². The van der Waals surface area contributed by atoms with Crippen LogP contribution in [0.5, 0.6) is 17.2 Å². The maximum Gasteiger partial charge on any atom is 0.231 e. The van der Waals surface area contributed by atoms with Gasteiger partial charge < -0.3 is 24.6 Å². The van der Waals surface area contributed by atoms with Gasteiger partial charge in [-0.15, -0.1) is 0 Å². The van der Waals surface area contributed by atoms with E-state index in [0.29, 0.717) is 34.4 Å². The molecule has 3 N–H and O–H groups in total. The molecular formula is C22H24N4O5S. The molecule has 0 radical (unpaired) electrons. The number of aliphatic hydroxyl groups is 1. The van der Waals surface area contributed by atoms with Crippen LogP contribution in [0.3, 0.4) is 0 Å². The number of hydrogen-bond acceptors (Lipinski definition) is 7. The highest BCUT2D eigenvalue weighted by Crippen LogP contribution is 2.35. The van der Waals surface area contributed by atoms with E-state index in [4.69, 9.17) is 26.4 Å². The second-order valence-corrected chi connectivity index (χ2v) is 7.79. The van der Waals surface area contributed by atoms with Crippen LogP contribution in [0.1, 0.15) is 12.0 Å². The first-order valence-corrected chi connectivity index (χ1v) is 10.6. The number of nitrogens with one attached hydrogen (secondary N) is 2. The SMILES string of the molecule is Cc1ccc(-c2n[nH]c(=S)n2CCC(=O)NCC(O)COc2ccc3c(c2)OCO3)cc1. The fraction of sp³-hybridized carbons (Fsp3) is 0.318. The Kier molecular flexibility index (Phi) is 6.72. The van der Waals surface area contributed by atoms with Crippen molar-refractivity contribution >= 4 is 18.1 Å². The molecule has 9 nitrogen and oxygen atoms in total. The van der Waals surface area contributed by atoms with Gasteiger partial charge in [0.05, 0.1) is 0 Å². The van der Waals surface area contributed by atoms with Crippen molar-refractivity contribution in [3.05, 3.63) is 52.8 Å². The van der Waals surface area contributed by atoms with E-state index >= 15 is 0 Å². The van der Waals surface area contributed by atoms with E-state index in [1.165, 1.54) is 0 Å². The summed E-state index contributed by atoms with van der Waals surface area (Å²) in [6.45, 7) is 2.67. The monoisotopic (exact) mass is 456 g/mol. The van der Waals surface area contributed by atoms with E-state index in [9.17, 15) is 9.90 Å². The summed E-state index contributed by atoms with van der Waals surface area (Å²) in [5, 5.41) is 19.9. The number of hydrogen-bond donors (Lipinski definition) is 3. The molecule has 32 heavy (non-hydrogen) atoms. The van der Waals surface area contributed by atoms with Crippen LogP contribution in [-0.4, -0.2) is 51.8 Å². The first-order valence-electron chi connectivity index (χ1n) is 10.2. The van der Waals surface area contributed by atoms with E-state index in [0.717, 1.165) is 11.1 Å². The second kappa shape index (κ2) is 9.84. The fourth-order valence-corrected chi connectivity index (χ4v) is 3.42. The first kappa shape index (κ1) is 21.8. The van der Waals surface area contributed by atoms with Crippen molar-refractivity contribution < 1.29 is 24.1 Å². The summed E-state index contributed by atoms with van der Waals surface area (Å²) in [6, 6.07) is 13.1. The number of amides is 1. The standard InChI is InChI=1S/C22H24N4O5S/c1-14-2-4-15(5-3-14)21-24-25-22(32)26(21)9-8-20(28)23-11-16(27)12-29-17-6-7-18-19(10-17)31-13-30-18/h2-7,10,16,27H,8-9,11-13H2,1H3,(H,23,28)(H,25,32). The molecule has 0 spiro atoms. The molecule has 10 heteroatoms. The van der Waals surface area contributed by atoms with E-state index < -0.39 is 6.10 Å². The summed E-state index contributed by atoms with van der Waals surface area (Å²) in [4.78, 5) is 12.3. The van der Waals surface area contributed by atoms with Crippen LogP contribution in [0.15, 0.2) is 42.5 Å². The molecule has 0 aliphatic carbocycles. The molecule has 1 aliphatic heterocycles. The smallest absolute Gasteiger partial charge is 0.231 e. The summed E-state index contributed by atoms with van der Waals surface area (Å²) in [6.07, 6.45) is -0.661. The fourth-order valence-electron chi connectivity index (χ4n) is 3.20. The van der Waals surface area contributed by atoms with Gasteiger partial charge in [-0.3, -0.25) is 14.5 Å². The zero-order chi connectivity index (χ0) is 22.5. The molecule has 1 unspecified atom stereocenters. The van der Waals surface area contributed by atoms with Crippen molar-refractivity contribution in [3.63, 3.8) is 0 Å². The third-order valence-electron chi connectivity index (χ3n) is 4.95. The van der Waals surface area contributed by atoms with Crippen LogP contribution in [0.25, 0.3) is 11.4 Å². The van der Waals surface area contributed by atoms with Gasteiger partial charge >= 0.3 is 0 Å². The summed E-state index contributed by atoms with van der Waals surface area (Å²) in [5.41, 5.74) is 2.06. The lowest BCUT2D eigenvalue weighted by molar-refractivity contribution is -0.121. The normalized spacial score (nSPS) is 13.1. The third kappa shape index (κ3) is 5.27. The number of aromatic nitrogens is 3. The molecule has 4 rings (SSSR count). The predicted octanol–water partition coefficient (Wildman–Crippen LogP) is 2.59. The number of aryl methyl sites for hydroxylation is 1. The molecule has 1 aliphatic rings. The molecule has 1 atom stereocenters. The van der Waals surface area contributed by atoms with Gasteiger partial charge in [-0.05, 0) is 31.3 Å². The molecule has 2 aromatic carbocycles. The Morgan fingerprint density at radius 3 is 2.88 bits per heavy atom. The van der Waals surface area contributed by atoms with Crippen molar-refractivity contribution in [2.24, 2.45) is 0 Å². The molecule has 0 saturated carbocycles. The molecule has 1 aromatic heterocycles. The highest BCUT2D eigenvalue weighted by Gasteiger charge is 2.15. The van der Waals surface area contributed by atoms with Crippen LogP contribution >= 0.6 is 12.2 Å². The summed E-state index contributed by atoms with van der Waals surface area (Å²) in [5.74, 6) is 2.30. The number of aromatic amines is 1. The van der Waals surface area contributed by atoms with E-state index in [-0.39, 0.29) is 32.3 Å². The number of nitrogens with zero attached hydrogens (tertiary/aromatic N) is 2. The Hall–Kier alpha value is -3.37. The molecule has 0 saturated heterocycles. The Labute approximate surface area is 189 Å². The summed E-state index contributed by atoms with van der Waals surface area (Å²) < 4.78 is 18.4. The minimum absolute atomic E-state index is 0.0320. The molecule has 1 amide bonds. The molecular weight excluding hydrogens is 432 g/mol. The van der Waals surface area contributed by atoms with Gasteiger partial charge in [0, 0.05) is 31.1 Å². The second-order valence-electron chi connectivity index (χ2n) is 7.40. The zero-order valence-corrected chi connectivity index (χ0v) is 18.4. The van der Waals surface area contributed by atoms with Crippen molar-refractivity contribution in [3.8, 4) is 28.6 Å². The first-order chi connectivity index (χ1) is 15.5. The van der Waals surface area contributed by atoms with Crippen LogP contribution < -0.4 is 19.5 Å². The number of ether oxygens (including phenoxy) is 3. The van der Waals surface area contributed by atoms with Gasteiger partial charge in [0.15, 0.2) is 22.1 Å². The Morgan fingerprint density at radius 2 is 2.06 bits per heavy atom.